The van der Waals surface area contributed by atoms with E-state index >= 15 is 0 Å². The van der Waals surface area contributed by atoms with Crippen LogP contribution in [0.4, 0.5) is 0 Å². The van der Waals surface area contributed by atoms with Gasteiger partial charge in [0, 0.05) is 11.5 Å². The third kappa shape index (κ3) is 2.57. The lowest BCUT2D eigenvalue weighted by atomic mass is 10.3. The summed E-state index contributed by atoms with van der Waals surface area (Å²) in [4.78, 5) is 4.01. The number of ether oxygens (including phenoxy) is 1. The summed E-state index contributed by atoms with van der Waals surface area (Å²) >= 11 is 9.38. The van der Waals surface area contributed by atoms with Crippen LogP contribution in [0, 0.1) is 0 Å². The van der Waals surface area contributed by atoms with Crippen molar-refractivity contribution >= 4 is 27.5 Å². The molecule has 1 aromatic carbocycles. The highest BCUT2D eigenvalue weighted by Crippen LogP contribution is 2.28. The molecule has 0 saturated heterocycles. The van der Waals surface area contributed by atoms with Crippen LogP contribution in [0.2, 0.25) is 5.02 Å². The fraction of sp³-hybridized carbons (Fsp3) is 0.182. The Morgan fingerprint density at radius 2 is 2.31 bits per heavy atom. The summed E-state index contributed by atoms with van der Waals surface area (Å²) in [7, 11) is 1.92. The fourth-order valence-corrected chi connectivity index (χ4v) is 1.78. The molecule has 0 unspecified atom stereocenters. The molecule has 2 rings (SSSR count). The van der Waals surface area contributed by atoms with Crippen LogP contribution < -0.4 is 4.74 Å². The van der Waals surface area contributed by atoms with Crippen LogP contribution in [0.15, 0.2) is 35.2 Å². The molecular weight excluding hydrogens is 291 g/mol. The molecule has 0 saturated carbocycles. The first-order valence-electron chi connectivity index (χ1n) is 4.70. The first kappa shape index (κ1) is 11.5. The predicted octanol–water partition coefficient (Wildman–Crippen LogP) is 3.42. The maximum atomic E-state index is 6.01. The van der Waals surface area contributed by atoms with E-state index in [9.17, 15) is 0 Å². The molecule has 0 amide bonds. The number of aromatic nitrogens is 2. The van der Waals surface area contributed by atoms with Crippen LogP contribution >= 0.6 is 27.5 Å². The van der Waals surface area contributed by atoms with E-state index in [0.29, 0.717) is 17.4 Å². The smallest absolute Gasteiger partial charge is 0.139 e. The molecule has 0 aliphatic rings. The van der Waals surface area contributed by atoms with Gasteiger partial charge in [0.05, 0.1) is 23.2 Å². The second kappa shape index (κ2) is 4.89. The summed E-state index contributed by atoms with van der Waals surface area (Å²) in [6.07, 6.45) is 3.51. The third-order valence-electron chi connectivity index (χ3n) is 2.19. The van der Waals surface area contributed by atoms with E-state index < -0.39 is 0 Å². The van der Waals surface area contributed by atoms with E-state index in [1.54, 1.807) is 18.6 Å². The van der Waals surface area contributed by atoms with E-state index in [0.717, 1.165) is 10.2 Å². The zero-order chi connectivity index (χ0) is 11.5. The summed E-state index contributed by atoms with van der Waals surface area (Å²) in [6.45, 7) is 0.451. The van der Waals surface area contributed by atoms with E-state index in [1.165, 1.54) is 0 Å². The Morgan fingerprint density at radius 3 is 3.00 bits per heavy atom. The van der Waals surface area contributed by atoms with E-state index in [1.807, 2.05) is 23.7 Å². The zero-order valence-electron chi connectivity index (χ0n) is 8.65. The highest BCUT2D eigenvalue weighted by molar-refractivity contribution is 9.10. The average molecular weight is 302 g/mol. The summed E-state index contributed by atoms with van der Waals surface area (Å²) in [6, 6.07) is 5.52. The Balaban J connectivity index is 2.10. The van der Waals surface area contributed by atoms with Gasteiger partial charge < -0.3 is 9.30 Å². The molecule has 2 aromatic rings. The van der Waals surface area contributed by atoms with Gasteiger partial charge in [-0.2, -0.15) is 0 Å². The zero-order valence-corrected chi connectivity index (χ0v) is 11.0. The number of benzene rings is 1. The lowest BCUT2D eigenvalue weighted by Crippen LogP contribution is -2.01. The predicted molar refractivity (Wildman–Crippen MR) is 66.7 cm³/mol. The number of nitrogens with zero attached hydrogens (tertiary/aromatic N) is 2. The van der Waals surface area contributed by atoms with Gasteiger partial charge in [-0.25, -0.2) is 4.98 Å². The van der Waals surface area contributed by atoms with Gasteiger partial charge in [0.25, 0.3) is 0 Å². The first-order chi connectivity index (χ1) is 7.66. The van der Waals surface area contributed by atoms with Gasteiger partial charge in [-0.3, -0.25) is 0 Å². The van der Waals surface area contributed by atoms with Gasteiger partial charge in [0.1, 0.15) is 12.4 Å². The van der Waals surface area contributed by atoms with E-state index in [2.05, 4.69) is 20.9 Å². The Bertz CT molecular complexity index is 498. The fourth-order valence-electron chi connectivity index (χ4n) is 1.26. The van der Waals surface area contributed by atoms with Gasteiger partial charge >= 0.3 is 0 Å². The van der Waals surface area contributed by atoms with Crippen molar-refractivity contribution in [3.8, 4) is 5.75 Å². The maximum Gasteiger partial charge on any atom is 0.139 e. The second-order valence-corrected chi connectivity index (χ2v) is 4.68. The maximum absolute atomic E-state index is 6.01. The molecule has 16 heavy (non-hydrogen) atoms. The molecule has 0 aliphatic heterocycles. The van der Waals surface area contributed by atoms with Crippen LogP contribution in [0.25, 0.3) is 0 Å². The Morgan fingerprint density at radius 1 is 1.50 bits per heavy atom. The van der Waals surface area contributed by atoms with Crippen molar-refractivity contribution in [2.24, 2.45) is 7.05 Å². The number of imidazole rings is 1. The average Bonchev–Trinajstić information content (AvgIpc) is 2.66. The molecule has 0 aliphatic carbocycles. The first-order valence-corrected chi connectivity index (χ1v) is 5.87. The molecule has 84 valence electrons. The largest absolute Gasteiger partial charge is 0.486 e. The molecular formula is C11H10BrClN2O. The van der Waals surface area contributed by atoms with Gasteiger partial charge in [0.15, 0.2) is 0 Å². The Labute approximate surface area is 107 Å². The van der Waals surface area contributed by atoms with E-state index in [4.69, 9.17) is 16.3 Å². The van der Waals surface area contributed by atoms with E-state index in [-0.39, 0.29) is 0 Å². The number of aryl methyl sites for hydroxylation is 1. The molecule has 1 aromatic heterocycles. The number of hydrogen-bond donors (Lipinski definition) is 0. The summed E-state index contributed by atoms with van der Waals surface area (Å²) < 4.78 is 8.47. The minimum atomic E-state index is 0.451. The van der Waals surface area contributed by atoms with Crippen LogP contribution in [-0.2, 0) is 13.7 Å². The number of hydrogen-bond acceptors (Lipinski definition) is 2. The summed E-state index contributed by atoms with van der Waals surface area (Å²) in [5, 5.41) is 0.602. The molecule has 0 N–H and O–H groups in total. The molecule has 0 spiro atoms. The topological polar surface area (TPSA) is 27.1 Å². The molecule has 0 bridgehead atoms. The number of rotatable bonds is 3. The molecule has 0 fully saturated rings. The molecule has 0 radical (unpaired) electrons. The van der Waals surface area contributed by atoms with Crippen LogP contribution in [0.3, 0.4) is 0 Å². The van der Waals surface area contributed by atoms with Crippen molar-refractivity contribution in [1.82, 2.24) is 9.55 Å². The molecule has 5 heteroatoms. The Hall–Kier alpha value is -1.000. The summed E-state index contributed by atoms with van der Waals surface area (Å²) in [5.41, 5.74) is 0.996. The quantitative estimate of drug-likeness (QED) is 0.868. The van der Waals surface area contributed by atoms with Gasteiger partial charge in [0.2, 0.25) is 0 Å². The van der Waals surface area contributed by atoms with Gasteiger partial charge in [-0.05, 0) is 18.2 Å². The minimum Gasteiger partial charge on any atom is -0.486 e. The van der Waals surface area contributed by atoms with Gasteiger partial charge in [-0.15, -0.1) is 0 Å². The minimum absolute atomic E-state index is 0.451. The van der Waals surface area contributed by atoms with Crippen molar-refractivity contribution < 1.29 is 4.74 Å². The van der Waals surface area contributed by atoms with Crippen molar-refractivity contribution in [3.63, 3.8) is 0 Å². The van der Waals surface area contributed by atoms with Crippen LogP contribution in [0.1, 0.15) is 5.69 Å². The number of halogens is 2. The van der Waals surface area contributed by atoms with Crippen LogP contribution in [-0.4, -0.2) is 9.55 Å². The van der Waals surface area contributed by atoms with Crippen molar-refractivity contribution in [2.75, 3.05) is 0 Å². The third-order valence-corrected chi connectivity index (χ3v) is 2.99. The highest BCUT2D eigenvalue weighted by atomic mass is 79.9. The monoisotopic (exact) mass is 300 g/mol. The molecule has 1 heterocycles. The molecule has 0 atom stereocenters. The van der Waals surface area contributed by atoms with Crippen molar-refractivity contribution in [2.45, 2.75) is 6.61 Å². The normalized spacial score (nSPS) is 10.4. The van der Waals surface area contributed by atoms with Crippen LogP contribution in [0.5, 0.6) is 5.75 Å². The second-order valence-electron chi connectivity index (χ2n) is 3.36. The lowest BCUT2D eigenvalue weighted by Gasteiger charge is -2.08. The van der Waals surface area contributed by atoms with Gasteiger partial charge in [-0.1, -0.05) is 27.5 Å². The van der Waals surface area contributed by atoms with Crippen molar-refractivity contribution in [1.29, 1.82) is 0 Å². The lowest BCUT2D eigenvalue weighted by molar-refractivity contribution is 0.297. The SMILES string of the molecule is Cn1cncc1COc1cc(Br)ccc1Cl. The summed E-state index contributed by atoms with van der Waals surface area (Å²) in [5.74, 6) is 0.664. The molecule has 3 nitrogen and oxygen atoms in total. The highest BCUT2D eigenvalue weighted by Gasteiger charge is 2.04. The standard InChI is InChI=1S/C11H10BrClN2O/c1-15-7-14-5-9(15)6-16-11-4-8(12)2-3-10(11)13/h2-5,7H,6H2,1H3. The van der Waals surface area contributed by atoms with Crippen molar-refractivity contribution in [3.05, 3.63) is 45.9 Å². The Kier molecular flexibility index (Phi) is 3.51.